The number of aliphatic hydroxyl groups excluding tert-OH is 1. The van der Waals surface area contributed by atoms with Crippen molar-refractivity contribution in [3.05, 3.63) is 29.4 Å². The highest BCUT2D eigenvalue weighted by molar-refractivity contribution is 7.83. The molecular weight excluding hydrogens is 352 g/mol. The molecule has 1 fully saturated rings. The van der Waals surface area contributed by atoms with Crippen LogP contribution in [0.3, 0.4) is 0 Å². The monoisotopic (exact) mass is 374 g/mol. The molecule has 4 rings (SSSR count). The minimum Gasteiger partial charge on any atom is -0.388 e. The van der Waals surface area contributed by atoms with E-state index in [0.29, 0.717) is 22.0 Å². The number of benzene rings is 1. The standard InChI is InChI=1S/C18H22N4O3S/c1-10-17(11(2)25-21-10)12-7-14-18(20-16(9-23)19-14)15(8-12)26(24)22-13-5-3-4-6-13/h7-8,13,22-23H,3-6,9H2,1-2H3,(H,19,20). The van der Waals surface area contributed by atoms with Gasteiger partial charge in [-0.3, -0.25) is 0 Å². The Morgan fingerprint density at radius 2 is 2.12 bits per heavy atom. The number of rotatable bonds is 5. The van der Waals surface area contributed by atoms with Gasteiger partial charge >= 0.3 is 0 Å². The zero-order chi connectivity index (χ0) is 18.3. The van der Waals surface area contributed by atoms with Gasteiger partial charge in [-0.05, 0) is 44.4 Å². The number of nitrogens with zero attached hydrogens (tertiary/aromatic N) is 2. The Hall–Kier alpha value is -2.03. The second-order valence-corrected chi connectivity index (χ2v) is 7.99. The number of aliphatic hydroxyl groups is 1. The molecule has 2 heterocycles. The van der Waals surface area contributed by atoms with E-state index in [-0.39, 0.29) is 12.6 Å². The highest BCUT2D eigenvalue weighted by Gasteiger charge is 2.22. The Kier molecular flexibility index (Phi) is 4.64. The van der Waals surface area contributed by atoms with Gasteiger partial charge in [0.15, 0.2) is 0 Å². The van der Waals surface area contributed by atoms with Gasteiger partial charge in [-0.15, -0.1) is 0 Å². The first-order chi connectivity index (χ1) is 12.6. The maximum atomic E-state index is 13.0. The average Bonchev–Trinajstić information content (AvgIpc) is 3.34. The van der Waals surface area contributed by atoms with Gasteiger partial charge in [-0.2, -0.15) is 0 Å². The lowest BCUT2D eigenvalue weighted by atomic mass is 10.0. The summed E-state index contributed by atoms with van der Waals surface area (Å²) >= 11 is 0. The van der Waals surface area contributed by atoms with Crippen LogP contribution in [-0.2, 0) is 17.6 Å². The van der Waals surface area contributed by atoms with Gasteiger partial charge in [-0.1, -0.05) is 18.0 Å². The maximum absolute atomic E-state index is 13.0. The van der Waals surface area contributed by atoms with Gasteiger partial charge in [0.25, 0.3) is 0 Å². The molecule has 0 aliphatic heterocycles. The quantitative estimate of drug-likeness (QED) is 0.637. The highest BCUT2D eigenvalue weighted by Crippen LogP contribution is 2.32. The molecule has 1 aromatic carbocycles. The lowest BCUT2D eigenvalue weighted by molar-refractivity contribution is 0.273. The fourth-order valence-electron chi connectivity index (χ4n) is 3.65. The van der Waals surface area contributed by atoms with Crippen molar-refractivity contribution in [1.82, 2.24) is 19.8 Å². The topological polar surface area (TPSA) is 104 Å². The molecule has 3 N–H and O–H groups in total. The van der Waals surface area contributed by atoms with Crippen LogP contribution in [0.15, 0.2) is 21.6 Å². The molecule has 0 spiro atoms. The van der Waals surface area contributed by atoms with Gasteiger partial charge in [-0.25, -0.2) is 13.9 Å². The average molecular weight is 374 g/mol. The smallest absolute Gasteiger partial charge is 0.141 e. The first-order valence-corrected chi connectivity index (χ1v) is 9.96. The summed E-state index contributed by atoms with van der Waals surface area (Å²) < 4.78 is 21.6. The zero-order valence-electron chi connectivity index (χ0n) is 14.8. The second kappa shape index (κ2) is 6.94. The van der Waals surface area contributed by atoms with E-state index >= 15 is 0 Å². The Balaban J connectivity index is 1.83. The van der Waals surface area contributed by atoms with Gasteiger partial charge in [0.05, 0.1) is 16.1 Å². The Morgan fingerprint density at radius 1 is 1.35 bits per heavy atom. The zero-order valence-corrected chi connectivity index (χ0v) is 15.7. The fourth-order valence-corrected chi connectivity index (χ4v) is 4.88. The third-order valence-corrected chi connectivity index (χ3v) is 6.16. The van der Waals surface area contributed by atoms with E-state index < -0.39 is 11.0 Å². The molecule has 0 radical (unpaired) electrons. The van der Waals surface area contributed by atoms with E-state index in [2.05, 4.69) is 19.8 Å². The third kappa shape index (κ3) is 3.08. The molecule has 1 aliphatic carbocycles. The number of aromatic nitrogens is 3. The molecule has 0 amide bonds. The van der Waals surface area contributed by atoms with Gasteiger partial charge < -0.3 is 14.6 Å². The van der Waals surface area contributed by atoms with Crippen LogP contribution in [0.4, 0.5) is 0 Å². The fraction of sp³-hybridized carbons (Fsp3) is 0.444. The number of H-pyrrole nitrogens is 1. The van der Waals surface area contributed by atoms with Crippen LogP contribution in [0, 0.1) is 13.8 Å². The van der Waals surface area contributed by atoms with Crippen LogP contribution in [-0.4, -0.2) is 30.5 Å². The van der Waals surface area contributed by atoms with Crippen molar-refractivity contribution in [2.75, 3.05) is 0 Å². The van der Waals surface area contributed by atoms with E-state index in [0.717, 1.165) is 35.2 Å². The molecule has 0 bridgehead atoms. The predicted octanol–water partition coefficient (Wildman–Crippen LogP) is 2.88. The van der Waals surface area contributed by atoms with E-state index in [1.807, 2.05) is 26.0 Å². The molecule has 138 valence electrons. The summed E-state index contributed by atoms with van der Waals surface area (Å²) in [6.07, 6.45) is 4.42. The number of hydrogen-bond donors (Lipinski definition) is 3. The molecule has 3 aromatic rings. The second-order valence-electron chi connectivity index (χ2n) is 6.78. The first-order valence-electron chi connectivity index (χ1n) is 8.81. The lowest BCUT2D eigenvalue weighted by Gasteiger charge is -2.12. The summed E-state index contributed by atoms with van der Waals surface area (Å²) in [6, 6.07) is 4.09. The van der Waals surface area contributed by atoms with Gasteiger partial charge in [0, 0.05) is 11.6 Å². The summed E-state index contributed by atoms with van der Waals surface area (Å²) in [7, 11) is -1.39. The van der Waals surface area contributed by atoms with Crippen molar-refractivity contribution >= 4 is 22.0 Å². The predicted molar refractivity (Wildman–Crippen MR) is 98.8 cm³/mol. The Labute approximate surface area is 153 Å². The van der Waals surface area contributed by atoms with E-state index in [1.165, 1.54) is 12.8 Å². The van der Waals surface area contributed by atoms with Crippen molar-refractivity contribution in [2.24, 2.45) is 0 Å². The van der Waals surface area contributed by atoms with Crippen molar-refractivity contribution < 1.29 is 13.8 Å². The molecule has 1 unspecified atom stereocenters. The summed E-state index contributed by atoms with van der Waals surface area (Å²) in [6.45, 7) is 3.55. The number of fused-ring (bicyclic) bond motifs is 1. The van der Waals surface area contributed by atoms with Crippen molar-refractivity contribution in [1.29, 1.82) is 0 Å². The molecule has 1 atom stereocenters. The minimum atomic E-state index is -1.39. The van der Waals surface area contributed by atoms with E-state index in [1.54, 1.807) is 0 Å². The Morgan fingerprint density at radius 3 is 2.77 bits per heavy atom. The lowest BCUT2D eigenvalue weighted by Crippen LogP contribution is -2.28. The minimum absolute atomic E-state index is 0.197. The highest BCUT2D eigenvalue weighted by atomic mass is 32.2. The summed E-state index contributed by atoms with van der Waals surface area (Å²) in [5.74, 6) is 1.17. The summed E-state index contributed by atoms with van der Waals surface area (Å²) in [4.78, 5) is 8.13. The van der Waals surface area contributed by atoms with Gasteiger partial charge in [0.2, 0.25) is 0 Å². The molecular formula is C18H22N4O3S. The van der Waals surface area contributed by atoms with Crippen LogP contribution in [0.25, 0.3) is 22.2 Å². The number of nitrogens with one attached hydrogen (secondary N) is 2. The van der Waals surface area contributed by atoms with Crippen LogP contribution in [0.5, 0.6) is 0 Å². The SMILES string of the molecule is Cc1noc(C)c1-c1cc(S(=O)NC2CCCC2)c2nc(CO)[nH]c2c1. The van der Waals surface area contributed by atoms with Crippen LogP contribution < -0.4 is 4.72 Å². The van der Waals surface area contributed by atoms with Crippen molar-refractivity contribution in [3.63, 3.8) is 0 Å². The van der Waals surface area contributed by atoms with Crippen LogP contribution >= 0.6 is 0 Å². The maximum Gasteiger partial charge on any atom is 0.141 e. The number of aromatic amines is 1. The van der Waals surface area contributed by atoms with Gasteiger partial charge in [0.1, 0.15) is 34.7 Å². The summed E-state index contributed by atoms with van der Waals surface area (Å²) in [5.41, 5.74) is 3.91. The summed E-state index contributed by atoms with van der Waals surface area (Å²) in [5, 5.41) is 13.4. The number of imidazole rings is 1. The van der Waals surface area contributed by atoms with E-state index in [4.69, 9.17) is 4.52 Å². The normalized spacial score (nSPS) is 16.6. The third-order valence-electron chi connectivity index (χ3n) is 4.90. The molecule has 1 saturated carbocycles. The van der Waals surface area contributed by atoms with Crippen LogP contribution in [0.2, 0.25) is 0 Å². The number of hydrogen-bond acceptors (Lipinski definition) is 5. The van der Waals surface area contributed by atoms with Crippen molar-refractivity contribution in [2.45, 2.75) is 57.1 Å². The molecule has 26 heavy (non-hydrogen) atoms. The first kappa shape index (κ1) is 17.4. The van der Waals surface area contributed by atoms with Crippen molar-refractivity contribution in [3.8, 4) is 11.1 Å². The molecule has 2 aromatic heterocycles. The molecule has 8 heteroatoms. The van der Waals surface area contributed by atoms with E-state index in [9.17, 15) is 9.32 Å². The Bertz CT molecular complexity index is 953. The van der Waals surface area contributed by atoms with Crippen LogP contribution in [0.1, 0.15) is 43.0 Å². The number of aryl methyl sites for hydroxylation is 2. The molecule has 0 saturated heterocycles. The molecule has 1 aliphatic rings. The largest absolute Gasteiger partial charge is 0.388 e. The molecule has 7 nitrogen and oxygen atoms in total.